The molecule has 0 aliphatic carbocycles. The molecule has 0 aromatic heterocycles. The Morgan fingerprint density at radius 1 is 1.03 bits per heavy atom. The summed E-state index contributed by atoms with van der Waals surface area (Å²) in [6, 6.07) is 15.0. The highest BCUT2D eigenvalue weighted by molar-refractivity contribution is 6.16. The Balaban J connectivity index is 1.79. The molecular formula is C23H23N3O4. The number of benzene rings is 2. The van der Waals surface area contributed by atoms with Gasteiger partial charge in [0.1, 0.15) is 11.3 Å². The fraction of sp³-hybridized carbons (Fsp3) is 0.348. The molecule has 0 saturated carbocycles. The van der Waals surface area contributed by atoms with E-state index in [1.807, 2.05) is 60.5 Å². The summed E-state index contributed by atoms with van der Waals surface area (Å²) in [6.45, 7) is 0.473. The van der Waals surface area contributed by atoms with Crippen molar-refractivity contribution in [1.29, 1.82) is 0 Å². The standard InChI is InChI=1S/C23H23N3O4/c1-25-13-17(14-8-10-15(30-3)11-9-14)22(12-19(27)26(2)21(22)29)23(25)16-6-4-5-7-18(16)24-20(23)28/h4-11,17H,12-13H2,1-3H3,(H,24,28)/t17-,22+,23+/m1/s1. The molecule has 3 amide bonds. The van der Waals surface area contributed by atoms with Gasteiger partial charge >= 0.3 is 0 Å². The van der Waals surface area contributed by atoms with E-state index in [0.717, 1.165) is 11.1 Å². The number of ether oxygens (including phenoxy) is 1. The molecule has 154 valence electrons. The van der Waals surface area contributed by atoms with Crippen LogP contribution in [0.3, 0.4) is 0 Å². The SMILES string of the molecule is COc1ccc([C@H]2CN(C)[C@@]3(C(=O)Nc4ccccc43)[C@@]23CC(=O)N(C)C3=O)cc1. The lowest BCUT2D eigenvalue weighted by molar-refractivity contribution is -0.148. The number of rotatable bonds is 2. The minimum atomic E-state index is -1.24. The van der Waals surface area contributed by atoms with E-state index in [9.17, 15) is 14.4 Å². The van der Waals surface area contributed by atoms with Crippen LogP contribution in [0.1, 0.15) is 23.5 Å². The van der Waals surface area contributed by atoms with Gasteiger partial charge in [-0.3, -0.25) is 24.2 Å². The molecule has 2 fully saturated rings. The van der Waals surface area contributed by atoms with Crippen LogP contribution in [0.25, 0.3) is 0 Å². The van der Waals surface area contributed by atoms with Crippen LogP contribution in [0.4, 0.5) is 5.69 Å². The summed E-state index contributed by atoms with van der Waals surface area (Å²) in [6.07, 6.45) is -0.00881. The third-order valence-electron chi connectivity index (χ3n) is 7.17. The van der Waals surface area contributed by atoms with Crippen LogP contribution >= 0.6 is 0 Å². The van der Waals surface area contributed by atoms with Gasteiger partial charge in [0.2, 0.25) is 11.8 Å². The van der Waals surface area contributed by atoms with Gasteiger partial charge in [-0.25, -0.2) is 0 Å². The van der Waals surface area contributed by atoms with E-state index in [1.165, 1.54) is 11.9 Å². The molecule has 3 aliphatic heterocycles. The smallest absolute Gasteiger partial charge is 0.250 e. The van der Waals surface area contributed by atoms with Gasteiger partial charge in [-0.05, 0) is 30.8 Å². The molecule has 2 aromatic rings. The number of nitrogens with one attached hydrogen (secondary N) is 1. The summed E-state index contributed by atoms with van der Waals surface area (Å²) >= 11 is 0. The van der Waals surface area contributed by atoms with E-state index >= 15 is 0 Å². The van der Waals surface area contributed by atoms with Crippen LogP contribution in [-0.4, -0.2) is 55.3 Å². The molecule has 2 aromatic carbocycles. The van der Waals surface area contributed by atoms with E-state index in [4.69, 9.17) is 4.74 Å². The monoisotopic (exact) mass is 405 g/mol. The first kappa shape index (κ1) is 18.8. The molecule has 2 spiro atoms. The van der Waals surface area contributed by atoms with Gasteiger partial charge in [0.15, 0.2) is 0 Å². The number of carbonyl (C=O) groups is 3. The number of carbonyl (C=O) groups excluding carboxylic acids is 3. The Morgan fingerprint density at radius 2 is 1.73 bits per heavy atom. The molecule has 3 aliphatic rings. The lowest BCUT2D eigenvalue weighted by Crippen LogP contribution is -2.58. The van der Waals surface area contributed by atoms with Gasteiger partial charge in [-0.2, -0.15) is 0 Å². The van der Waals surface area contributed by atoms with Gasteiger partial charge in [0.05, 0.1) is 12.5 Å². The molecule has 3 heterocycles. The molecule has 0 unspecified atom stereocenters. The van der Waals surface area contributed by atoms with Crippen molar-refractivity contribution in [1.82, 2.24) is 9.80 Å². The maximum absolute atomic E-state index is 13.8. The molecular weight excluding hydrogens is 382 g/mol. The Hall–Kier alpha value is -3.19. The van der Waals surface area contributed by atoms with E-state index in [0.29, 0.717) is 18.0 Å². The third kappa shape index (κ3) is 2.00. The summed E-state index contributed by atoms with van der Waals surface area (Å²) in [4.78, 5) is 43.4. The highest BCUT2D eigenvalue weighted by atomic mass is 16.5. The van der Waals surface area contributed by atoms with E-state index in [1.54, 1.807) is 7.11 Å². The van der Waals surface area contributed by atoms with Gasteiger partial charge in [0.25, 0.3) is 5.91 Å². The molecule has 30 heavy (non-hydrogen) atoms. The van der Waals surface area contributed by atoms with E-state index < -0.39 is 11.0 Å². The number of hydrogen-bond donors (Lipinski definition) is 1. The van der Waals surface area contributed by atoms with Crippen molar-refractivity contribution in [2.45, 2.75) is 17.9 Å². The number of imide groups is 1. The van der Waals surface area contributed by atoms with Crippen molar-refractivity contribution in [2.75, 3.05) is 33.1 Å². The van der Waals surface area contributed by atoms with Crippen molar-refractivity contribution in [3.05, 3.63) is 59.7 Å². The normalized spacial score (nSPS) is 30.4. The first-order chi connectivity index (χ1) is 14.4. The zero-order chi connectivity index (χ0) is 21.3. The van der Waals surface area contributed by atoms with Crippen LogP contribution in [0.5, 0.6) is 5.75 Å². The highest BCUT2D eigenvalue weighted by Crippen LogP contribution is 2.65. The molecule has 3 atom stereocenters. The molecule has 5 rings (SSSR count). The van der Waals surface area contributed by atoms with Crippen molar-refractivity contribution in [3.63, 3.8) is 0 Å². The summed E-state index contributed by atoms with van der Waals surface area (Å²) < 4.78 is 5.28. The number of anilines is 1. The molecule has 1 N–H and O–H groups in total. The maximum Gasteiger partial charge on any atom is 0.250 e. The Morgan fingerprint density at radius 3 is 2.37 bits per heavy atom. The molecule has 7 nitrogen and oxygen atoms in total. The summed E-state index contributed by atoms with van der Waals surface area (Å²) in [5, 5.41) is 2.97. The molecule has 0 bridgehead atoms. The van der Waals surface area contributed by atoms with Crippen LogP contribution in [-0.2, 0) is 19.9 Å². The van der Waals surface area contributed by atoms with E-state index in [-0.39, 0.29) is 30.1 Å². The minimum Gasteiger partial charge on any atom is -0.497 e. The van der Waals surface area contributed by atoms with Crippen molar-refractivity contribution in [2.24, 2.45) is 5.41 Å². The average molecular weight is 405 g/mol. The fourth-order valence-corrected chi connectivity index (χ4v) is 5.85. The van der Waals surface area contributed by atoms with Crippen molar-refractivity contribution in [3.8, 4) is 5.75 Å². The first-order valence-corrected chi connectivity index (χ1v) is 9.95. The lowest BCUT2D eigenvalue weighted by Gasteiger charge is -2.42. The molecule has 7 heteroatoms. The lowest BCUT2D eigenvalue weighted by atomic mass is 9.60. The second-order valence-electron chi connectivity index (χ2n) is 8.32. The van der Waals surface area contributed by atoms with Crippen LogP contribution in [0, 0.1) is 5.41 Å². The predicted molar refractivity (Wildman–Crippen MR) is 110 cm³/mol. The minimum absolute atomic E-state index is 0.00881. The predicted octanol–water partition coefficient (Wildman–Crippen LogP) is 1.95. The number of hydrogen-bond acceptors (Lipinski definition) is 5. The zero-order valence-electron chi connectivity index (χ0n) is 17.1. The van der Waals surface area contributed by atoms with Crippen LogP contribution in [0.15, 0.2) is 48.5 Å². The van der Waals surface area contributed by atoms with Crippen molar-refractivity contribution < 1.29 is 19.1 Å². The van der Waals surface area contributed by atoms with E-state index in [2.05, 4.69) is 5.32 Å². The second kappa shape index (κ2) is 6.15. The largest absolute Gasteiger partial charge is 0.497 e. The Labute approximate surface area is 174 Å². The summed E-state index contributed by atoms with van der Waals surface area (Å²) in [5.74, 6) is -0.427. The highest BCUT2D eigenvalue weighted by Gasteiger charge is 2.76. The summed E-state index contributed by atoms with van der Waals surface area (Å²) in [7, 11) is 4.97. The molecule has 2 saturated heterocycles. The number of likely N-dealkylation sites (N-methyl/N-ethyl adjacent to an activating group) is 1. The second-order valence-corrected chi connectivity index (χ2v) is 8.32. The number of nitrogens with zero attached hydrogens (tertiary/aromatic N) is 2. The number of likely N-dealkylation sites (tertiary alicyclic amines) is 2. The quantitative estimate of drug-likeness (QED) is 0.773. The topological polar surface area (TPSA) is 79.0 Å². The number of fused-ring (bicyclic) bond motifs is 3. The number of amides is 3. The number of para-hydroxylation sites is 1. The van der Waals surface area contributed by atoms with Gasteiger partial charge in [0, 0.05) is 37.2 Å². The van der Waals surface area contributed by atoms with Crippen LogP contribution in [0.2, 0.25) is 0 Å². The van der Waals surface area contributed by atoms with Crippen molar-refractivity contribution >= 4 is 23.4 Å². The van der Waals surface area contributed by atoms with Gasteiger partial charge in [-0.1, -0.05) is 30.3 Å². The average Bonchev–Trinajstić information content (AvgIpc) is 3.29. The fourth-order valence-electron chi connectivity index (χ4n) is 5.85. The Bertz CT molecular complexity index is 1080. The van der Waals surface area contributed by atoms with Gasteiger partial charge in [-0.15, -0.1) is 0 Å². The molecule has 0 radical (unpaired) electrons. The maximum atomic E-state index is 13.8. The number of methoxy groups -OCH3 is 1. The third-order valence-corrected chi connectivity index (χ3v) is 7.17. The first-order valence-electron chi connectivity index (χ1n) is 9.95. The van der Waals surface area contributed by atoms with Crippen LogP contribution < -0.4 is 10.1 Å². The zero-order valence-corrected chi connectivity index (χ0v) is 17.1. The van der Waals surface area contributed by atoms with Gasteiger partial charge < -0.3 is 10.1 Å². The Kier molecular flexibility index (Phi) is 3.86. The summed E-state index contributed by atoms with van der Waals surface area (Å²) in [5.41, 5.74) is -0.109.